The van der Waals surface area contributed by atoms with Gasteiger partial charge in [0.15, 0.2) is 0 Å². The van der Waals surface area contributed by atoms with Crippen molar-refractivity contribution in [2.45, 2.75) is 59.9 Å². The molecule has 0 fully saturated rings. The van der Waals surface area contributed by atoms with E-state index in [0.717, 1.165) is 29.0 Å². The molecule has 21 heavy (non-hydrogen) atoms. The maximum atomic E-state index is 5.92. The molecule has 0 amide bonds. The van der Waals surface area contributed by atoms with Crippen LogP contribution < -0.4 is 5.73 Å². The summed E-state index contributed by atoms with van der Waals surface area (Å²) in [5.74, 6) is 1.55. The molecule has 0 unspecified atom stereocenters. The molecule has 0 bridgehead atoms. The first kappa shape index (κ1) is 16.0. The molecule has 1 heterocycles. The third-order valence-corrected chi connectivity index (χ3v) is 3.31. The summed E-state index contributed by atoms with van der Waals surface area (Å²) >= 11 is 0. The molecular weight excluding hydrogens is 262 g/mol. The molecule has 4 nitrogen and oxygen atoms in total. The molecule has 0 aliphatic rings. The minimum absolute atomic E-state index is 0.163. The van der Waals surface area contributed by atoms with Crippen molar-refractivity contribution in [2.24, 2.45) is 11.7 Å². The Balaban J connectivity index is 2.41. The van der Waals surface area contributed by atoms with Crippen LogP contribution in [0.3, 0.4) is 0 Å². The highest BCUT2D eigenvalue weighted by Gasteiger charge is 2.16. The van der Waals surface area contributed by atoms with Crippen LogP contribution in [0.4, 0.5) is 0 Å². The molecule has 4 heteroatoms. The maximum absolute atomic E-state index is 5.92. The largest absolute Gasteiger partial charge is 0.368 e. The summed E-state index contributed by atoms with van der Waals surface area (Å²) in [6, 6.07) is 6.27. The Morgan fingerprint density at radius 1 is 1.29 bits per heavy atom. The van der Waals surface area contributed by atoms with Gasteiger partial charge in [-0.15, -0.1) is 0 Å². The summed E-state index contributed by atoms with van der Waals surface area (Å²) in [7, 11) is 0. The number of nitrogens with zero attached hydrogens (tertiary/aromatic N) is 2. The number of ether oxygens (including phenoxy) is 1. The second kappa shape index (κ2) is 6.16. The van der Waals surface area contributed by atoms with Crippen molar-refractivity contribution in [3.05, 3.63) is 29.6 Å². The van der Waals surface area contributed by atoms with Gasteiger partial charge in [0.1, 0.15) is 12.4 Å². The minimum Gasteiger partial charge on any atom is -0.368 e. The van der Waals surface area contributed by atoms with Gasteiger partial charge in [0.2, 0.25) is 0 Å². The highest BCUT2D eigenvalue weighted by Crippen LogP contribution is 2.21. The van der Waals surface area contributed by atoms with Gasteiger partial charge in [-0.25, -0.2) is 4.98 Å². The summed E-state index contributed by atoms with van der Waals surface area (Å²) in [6.07, 6.45) is 0. The van der Waals surface area contributed by atoms with Crippen LogP contribution in [0.15, 0.2) is 18.2 Å². The molecule has 2 rings (SSSR count). The van der Waals surface area contributed by atoms with Crippen LogP contribution in [0.1, 0.15) is 46.0 Å². The Kier molecular flexibility index (Phi) is 4.69. The highest BCUT2D eigenvalue weighted by molar-refractivity contribution is 5.77. The molecule has 116 valence electrons. The van der Waals surface area contributed by atoms with E-state index in [9.17, 15) is 0 Å². The highest BCUT2D eigenvalue weighted by atomic mass is 16.5. The molecule has 0 saturated carbocycles. The van der Waals surface area contributed by atoms with Crippen LogP contribution in [0.25, 0.3) is 11.0 Å². The first-order valence-corrected chi connectivity index (χ1v) is 7.62. The number of benzene rings is 1. The van der Waals surface area contributed by atoms with Gasteiger partial charge in [-0.3, -0.25) is 0 Å². The molecule has 0 spiro atoms. The van der Waals surface area contributed by atoms with Crippen LogP contribution in [-0.4, -0.2) is 15.2 Å². The summed E-state index contributed by atoms with van der Waals surface area (Å²) in [5, 5.41) is 0. The van der Waals surface area contributed by atoms with Gasteiger partial charge in [-0.2, -0.15) is 0 Å². The molecule has 1 aromatic heterocycles. The lowest BCUT2D eigenvalue weighted by molar-refractivity contribution is -0.0192. The third-order valence-electron chi connectivity index (χ3n) is 3.31. The van der Waals surface area contributed by atoms with Crippen molar-refractivity contribution in [3.63, 3.8) is 0 Å². The zero-order chi connectivity index (χ0) is 15.6. The molecular formula is C17H27N3O. The number of nitrogens with two attached hydrogens (primary N) is 1. The smallest absolute Gasteiger partial charge is 0.136 e. The minimum atomic E-state index is -0.163. The standard InChI is InChI=1S/C17H27N3O/c1-12(2)10-20-15-7-6-13(9-18)8-14(15)19-16(20)11-21-17(3,4)5/h6-8,12H,9-11,18H2,1-5H3. The second-order valence-corrected chi connectivity index (χ2v) is 6.96. The summed E-state index contributed by atoms with van der Waals surface area (Å²) in [6.45, 7) is 12.6. The van der Waals surface area contributed by atoms with Crippen LogP contribution in [0.2, 0.25) is 0 Å². The van der Waals surface area contributed by atoms with Gasteiger partial charge in [0.05, 0.1) is 16.6 Å². The average Bonchev–Trinajstić information content (AvgIpc) is 2.72. The number of aromatic nitrogens is 2. The Labute approximate surface area is 127 Å². The zero-order valence-corrected chi connectivity index (χ0v) is 13.8. The van der Waals surface area contributed by atoms with Crippen molar-refractivity contribution in [1.82, 2.24) is 9.55 Å². The summed E-state index contributed by atoms with van der Waals surface area (Å²) in [4.78, 5) is 4.76. The van der Waals surface area contributed by atoms with Crippen LogP contribution in [0.5, 0.6) is 0 Å². The number of hydrogen-bond acceptors (Lipinski definition) is 3. The van der Waals surface area contributed by atoms with Crippen molar-refractivity contribution < 1.29 is 4.74 Å². The van der Waals surface area contributed by atoms with Crippen molar-refractivity contribution in [2.75, 3.05) is 0 Å². The molecule has 0 aliphatic carbocycles. The van der Waals surface area contributed by atoms with E-state index in [1.807, 2.05) is 0 Å². The Morgan fingerprint density at radius 2 is 2.00 bits per heavy atom. The molecule has 2 aromatic rings. The average molecular weight is 289 g/mol. The second-order valence-electron chi connectivity index (χ2n) is 6.96. The number of hydrogen-bond donors (Lipinski definition) is 1. The van der Waals surface area contributed by atoms with Gasteiger partial charge in [0, 0.05) is 13.1 Å². The van der Waals surface area contributed by atoms with E-state index in [1.54, 1.807) is 0 Å². The normalized spacial score (nSPS) is 12.5. The molecule has 0 saturated heterocycles. The summed E-state index contributed by atoms with van der Waals surface area (Å²) < 4.78 is 8.19. The maximum Gasteiger partial charge on any atom is 0.136 e. The Morgan fingerprint density at radius 3 is 2.57 bits per heavy atom. The van der Waals surface area contributed by atoms with E-state index in [4.69, 9.17) is 15.5 Å². The zero-order valence-electron chi connectivity index (χ0n) is 13.8. The summed E-state index contributed by atoms with van der Waals surface area (Å²) in [5.41, 5.74) is 8.84. The lowest BCUT2D eigenvalue weighted by Crippen LogP contribution is -2.20. The SMILES string of the molecule is CC(C)Cn1c(COC(C)(C)C)nc2cc(CN)ccc21. The van der Waals surface area contributed by atoms with E-state index < -0.39 is 0 Å². The van der Waals surface area contributed by atoms with Crippen LogP contribution in [-0.2, 0) is 24.4 Å². The fourth-order valence-electron chi connectivity index (χ4n) is 2.31. The number of fused-ring (bicyclic) bond motifs is 1. The lowest BCUT2D eigenvalue weighted by Gasteiger charge is -2.20. The molecule has 1 aromatic carbocycles. The topological polar surface area (TPSA) is 53.1 Å². The van der Waals surface area contributed by atoms with E-state index in [0.29, 0.717) is 19.1 Å². The molecule has 0 aliphatic heterocycles. The number of imidazole rings is 1. The predicted molar refractivity (Wildman–Crippen MR) is 87.0 cm³/mol. The third kappa shape index (κ3) is 4.05. The Hall–Kier alpha value is -1.39. The van der Waals surface area contributed by atoms with Gasteiger partial charge >= 0.3 is 0 Å². The monoisotopic (exact) mass is 289 g/mol. The van der Waals surface area contributed by atoms with Crippen molar-refractivity contribution in [3.8, 4) is 0 Å². The van der Waals surface area contributed by atoms with E-state index in [1.165, 1.54) is 0 Å². The van der Waals surface area contributed by atoms with E-state index in [2.05, 4.69) is 57.4 Å². The predicted octanol–water partition coefficient (Wildman–Crippen LogP) is 3.47. The van der Waals surface area contributed by atoms with Crippen molar-refractivity contribution >= 4 is 11.0 Å². The van der Waals surface area contributed by atoms with Gasteiger partial charge < -0.3 is 15.0 Å². The fourth-order valence-corrected chi connectivity index (χ4v) is 2.31. The number of rotatable bonds is 5. The lowest BCUT2D eigenvalue weighted by atomic mass is 10.2. The molecule has 0 radical (unpaired) electrons. The quantitative estimate of drug-likeness (QED) is 0.917. The molecule has 0 atom stereocenters. The Bertz CT molecular complexity index is 608. The van der Waals surface area contributed by atoms with Crippen molar-refractivity contribution in [1.29, 1.82) is 0 Å². The van der Waals surface area contributed by atoms with Crippen LogP contribution >= 0.6 is 0 Å². The first-order chi connectivity index (χ1) is 9.80. The van der Waals surface area contributed by atoms with E-state index >= 15 is 0 Å². The van der Waals surface area contributed by atoms with Gasteiger partial charge in [-0.05, 0) is 44.4 Å². The van der Waals surface area contributed by atoms with E-state index in [-0.39, 0.29) is 5.60 Å². The molecule has 2 N–H and O–H groups in total. The fraction of sp³-hybridized carbons (Fsp3) is 0.588. The van der Waals surface area contributed by atoms with Gasteiger partial charge in [0.25, 0.3) is 0 Å². The van der Waals surface area contributed by atoms with Crippen LogP contribution in [0, 0.1) is 5.92 Å². The van der Waals surface area contributed by atoms with Gasteiger partial charge in [-0.1, -0.05) is 19.9 Å². The first-order valence-electron chi connectivity index (χ1n) is 7.62.